The van der Waals surface area contributed by atoms with Crippen LogP contribution in [0, 0.1) is 5.82 Å². The highest BCUT2D eigenvalue weighted by Crippen LogP contribution is 2.29. The predicted molar refractivity (Wildman–Crippen MR) is 68.8 cm³/mol. The van der Waals surface area contributed by atoms with Crippen LogP contribution in [0.4, 0.5) is 4.39 Å². The van der Waals surface area contributed by atoms with Gasteiger partial charge in [-0.15, -0.1) is 0 Å². The van der Waals surface area contributed by atoms with E-state index >= 15 is 0 Å². The number of hydrogen-bond donors (Lipinski definition) is 1. The highest BCUT2D eigenvalue weighted by molar-refractivity contribution is 5.42. The Hall–Kier alpha value is -1.29. The van der Waals surface area contributed by atoms with Gasteiger partial charge in [0.05, 0.1) is 14.2 Å². The molecule has 1 saturated heterocycles. The second-order valence-corrected chi connectivity index (χ2v) is 4.65. The van der Waals surface area contributed by atoms with Gasteiger partial charge in [-0.3, -0.25) is 0 Å². The summed E-state index contributed by atoms with van der Waals surface area (Å²) < 4.78 is 24.0. The van der Waals surface area contributed by atoms with E-state index in [1.165, 1.54) is 26.0 Å². The van der Waals surface area contributed by atoms with Crippen LogP contribution in [0.15, 0.2) is 12.1 Å². The van der Waals surface area contributed by atoms with Crippen LogP contribution in [0.1, 0.15) is 24.8 Å². The summed E-state index contributed by atoms with van der Waals surface area (Å²) in [4.78, 5) is 0. The quantitative estimate of drug-likeness (QED) is 0.894. The molecule has 0 radical (unpaired) electrons. The lowest BCUT2D eigenvalue weighted by molar-refractivity contribution is 0.363. The van der Waals surface area contributed by atoms with Crippen LogP contribution in [-0.2, 0) is 6.42 Å². The maximum atomic E-state index is 13.7. The molecule has 1 fully saturated rings. The Bertz CT molecular complexity index is 403. The number of nitrogens with one attached hydrogen (secondary N) is 1. The molecule has 1 aliphatic heterocycles. The van der Waals surface area contributed by atoms with Crippen molar-refractivity contribution in [2.24, 2.45) is 0 Å². The van der Waals surface area contributed by atoms with Gasteiger partial charge in [-0.1, -0.05) is 6.42 Å². The van der Waals surface area contributed by atoms with Crippen LogP contribution in [0.25, 0.3) is 0 Å². The third-order valence-corrected chi connectivity index (χ3v) is 3.43. The fourth-order valence-electron chi connectivity index (χ4n) is 2.45. The molecule has 3 nitrogen and oxygen atoms in total. The predicted octanol–water partition coefficient (Wildman–Crippen LogP) is 2.53. The number of methoxy groups -OCH3 is 2. The molecule has 1 atom stereocenters. The molecule has 100 valence electrons. The maximum Gasteiger partial charge on any atom is 0.165 e. The van der Waals surface area contributed by atoms with Crippen molar-refractivity contribution >= 4 is 0 Å². The number of rotatable bonds is 4. The van der Waals surface area contributed by atoms with Crippen molar-refractivity contribution in [2.45, 2.75) is 31.7 Å². The van der Waals surface area contributed by atoms with E-state index in [0.717, 1.165) is 24.9 Å². The van der Waals surface area contributed by atoms with Crippen molar-refractivity contribution in [1.29, 1.82) is 0 Å². The van der Waals surface area contributed by atoms with E-state index in [4.69, 9.17) is 9.47 Å². The number of halogens is 1. The lowest BCUT2D eigenvalue weighted by Crippen LogP contribution is -2.35. The Labute approximate surface area is 107 Å². The van der Waals surface area contributed by atoms with E-state index in [2.05, 4.69) is 5.32 Å². The normalized spacial score (nSPS) is 19.6. The molecule has 0 bridgehead atoms. The van der Waals surface area contributed by atoms with E-state index in [1.54, 1.807) is 13.2 Å². The molecule has 1 aromatic rings. The molecule has 1 aliphatic rings. The summed E-state index contributed by atoms with van der Waals surface area (Å²) in [5.41, 5.74) is 0.898. The third kappa shape index (κ3) is 2.93. The average Bonchev–Trinajstić information content (AvgIpc) is 2.40. The van der Waals surface area contributed by atoms with Crippen molar-refractivity contribution < 1.29 is 13.9 Å². The van der Waals surface area contributed by atoms with Crippen LogP contribution in [0.3, 0.4) is 0 Å². The highest BCUT2D eigenvalue weighted by Gasteiger charge is 2.17. The molecule has 0 amide bonds. The van der Waals surface area contributed by atoms with Crippen molar-refractivity contribution in [3.63, 3.8) is 0 Å². The summed E-state index contributed by atoms with van der Waals surface area (Å²) in [6.45, 7) is 1.05. The Balaban J connectivity index is 2.17. The van der Waals surface area contributed by atoms with Gasteiger partial charge in [0.15, 0.2) is 11.6 Å². The van der Waals surface area contributed by atoms with Gasteiger partial charge in [0.25, 0.3) is 0 Å². The molecule has 1 heterocycles. The van der Waals surface area contributed by atoms with Gasteiger partial charge < -0.3 is 14.8 Å². The molecule has 0 saturated carbocycles. The van der Waals surface area contributed by atoms with Crippen LogP contribution in [0.5, 0.6) is 11.5 Å². The molecule has 2 rings (SSSR count). The molecule has 4 heteroatoms. The van der Waals surface area contributed by atoms with Crippen molar-refractivity contribution in [2.75, 3.05) is 20.8 Å². The van der Waals surface area contributed by atoms with Crippen molar-refractivity contribution in [1.82, 2.24) is 5.32 Å². The fraction of sp³-hybridized carbons (Fsp3) is 0.571. The minimum atomic E-state index is -0.330. The molecule has 1 aromatic carbocycles. The largest absolute Gasteiger partial charge is 0.496 e. The first-order chi connectivity index (χ1) is 8.74. The summed E-state index contributed by atoms with van der Waals surface area (Å²) in [6, 6.07) is 3.56. The SMILES string of the molecule is COc1cc(OC)c(CC2CCCCN2)cc1F. The average molecular weight is 253 g/mol. The number of piperidine rings is 1. The Morgan fingerprint density at radius 1 is 1.22 bits per heavy atom. The van der Waals surface area contributed by atoms with Gasteiger partial charge in [0.2, 0.25) is 0 Å². The first kappa shape index (κ1) is 13.1. The van der Waals surface area contributed by atoms with E-state index in [9.17, 15) is 4.39 Å². The summed E-state index contributed by atoms with van der Waals surface area (Å²) in [5.74, 6) is 0.594. The van der Waals surface area contributed by atoms with E-state index in [0.29, 0.717) is 11.8 Å². The molecule has 0 aliphatic carbocycles. The van der Waals surface area contributed by atoms with Crippen molar-refractivity contribution in [3.05, 3.63) is 23.5 Å². The first-order valence-corrected chi connectivity index (χ1v) is 6.38. The van der Waals surface area contributed by atoms with Crippen molar-refractivity contribution in [3.8, 4) is 11.5 Å². The zero-order valence-corrected chi connectivity index (χ0v) is 11.0. The van der Waals surface area contributed by atoms with Crippen LogP contribution >= 0.6 is 0 Å². The minimum absolute atomic E-state index is 0.229. The molecular weight excluding hydrogens is 233 g/mol. The van der Waals surface area contributed by atoms with E-state index in [-0.39, 0.29) is 11.6 Å². The van der Waals surface area contributed by atoms with Crippen LogP contribution in [0.2, 0.25) is 0 Å². The van der Waals surface area contributed by atoms with Gasteiger partial charge in [-0.25, -0.2) is 4.39 Å². The van der Waals surface area contributed by atoms with Gasteiger partial charge in [0, 0.05) is 12.1 Å². The standard InChI is InChI=1S/C14H20FNO2/c1-17-13-9-14(18-2)12(15)8-10(13)7-11-5-3-4-6-16-11/h8-9,11,16H,3-7H2,1-2H3. The second-order valence-electron chi connectivity index (χ2n) is 4.65. The topological polar surface area (TPSA) is 30.5 Å². The second kappa shape index (κ2) is 6.05. The third-order valence-electron chi connectivity index (χ3n) is 3.43. The summed E-state index contributed by atoms with van der Waals surface area (Å²) in [6.07, 6.45) is 4.39. The zero-order chi connectivity index (χ0) is 13.0. The molecular formula is C14H20FNO2. The highest BCUT2D eigenvalue weighted by atomic mass is 19.1. The minimum Gasteiger partial charge on any atom is -0.496 e. The zero-order valence-electron chi connectivity index (χ0n) is 11.0. The summed E-state index contributed by atoms with van der Waals surface area (Å²) >= 11 is 0. The van der Waals surface area contributed by atoms with Gasteiger partial charge in [-0.05, 0) is 37.4 Å². The summed E-state index contributed by atoms with van der Waals surface area (Å²) in [7, 11) is 3.06. The monoisotopic (exact) mass is 253 g/mol. The lowest BCUT2D eigenvalue weighted by atomic mass is 9.97. The van der Waals surface area contributed by atoms with Crippen LogP contribution in [-0.4, -0.2) is 26.8 Å². The lowest BCUT2D eigenvalue weighted by Gasteiger charge is -2.24. The van der Waals surface area contributed by atoms with Gasteiger partial charge in [0.1, 0.15) is 5.75 Å². The van der Waals surface area contributed by atoms with Gasteiger partial charge in [-0.2, -0.15) is 0 Å². The maximum absolute atomic E-state index is 13.7. The number of ether oxygens (including phenoxy) is 2. The Kier molecular flexibility index (Phi) is 4.42. The molecule has 0 aromatic heterocycles. The molecule has 0 spiro atoms. The molecule has 18 heavy (non-hydrogen) atoms. The van der Waals surface area contributed by atoms with E-state index < -0.39 is 0 Å². The smallest absolute Gasteiger partial charge is 0.165 e. The Morgan fingerprint density at radius 3 is 2.61 bits per heavy atom. The fourth-order valence-corrected chi connectivity index (χ4v) is 2.45. The van der Waals surface area contributed by atoms with E-state index in [1.807, 2.05) is 0 Å². The summed E-state index contributed by atoms with van der Waals surface area (Å²) in [5, 5.41) is 3.46. The molecule has 1 N–H and O–H groups in total. The Morgan fingerprint density at radius 2 is 2.00 bits per heavy atom. The van der Waals surface area contributed by atoms with Gasteiger partial charge >= 0.3 is 0 Å². The first-order valence-electron chi connectivity index (χ1n) is 6.38. The molecule has 1 unspecified atom stereocenters. The van der Waals surface area contributed by atoms with Crippen LogP contribution < -0.4 is 14.8 Å². The number of benzene rings is 1. The number of hydrogen-bond acceptors (Lipinski definition) is 3.